The van der Waals surface area contributed by atoms with Crippen LogP contribution in [0.1, 0.15) is 18.5 Å². The van der Waals surface area contributed by atoms with E-state index in [0.717, 1.165) is 12.1 Å². The van der Waals surface area contributed by atoms with Crippen molar-refractivity contribution < 1.29 is 19.0 Å². The highest BCUT2D eigenvalue weighted by Crippen LogP contribution is 2.26. The summed E-state index contributed by atoms with van der Waals surface area (Å²) in [7, 11) is 0. The lowest BCUT2D eigenvalue weighted by Crippen LogP contribution is -2.30. The summed E-state index contributed by atoms with van der Waals surface area (Å²) in [6.07, 6.45) is 1.56. The van der Waals surface area contributed by atoms with E-state index in [1.165, 1.54) is 6.07 Å². The van der Waals surface area contributed by atoms with Crippen LogP contribution in [0.4, 0.5) is 4.39 Å². The van der Waals surface area contributed by atoms with Crippen LogP contribution < -0.4 is 5.32 Å². The maximum Gasteiger partial charge on any atom is 0.327 e. The molecule has 0 bridgehead atoms. The van der Waals surface area contributed by atoms with E-state index in [-0.39, 0.29) is 17.9 Å². The smallest absolute Gasteiger partial charge is 0.327 e. The summed E-state index contributed by atoms with van der Waals surface area (Å²) in [6, 6.07) is 2.51. The molecule has 0 aromatic heterocycles. The fraction of sp³-hybridized carbons (Fsp3) is 0.308. The van der Waals surface area contributed by atoms with E-state index in [9.17, 15) is 14.3 Å². The van der Waals surface area contributed by atoms with Crippen molar-refractivity contribution in [2.24, 2.45) is 0 Å². The molecule has 0 saturated carbocycles. The SMILES string of the molecule is C=CCNC(C(=O)OCC)c1cc(F)ccc1O. The minimum atomic E-state index is -0.918. The van der Waals surface area contributed by atoms with Gasteiger partial charge in [0.15, 0.2) is 0 Å². The number of phenols is 1. The molecule has 0 spiro atoms. The molecule has 0 radical (unpaired) electrons. The molecule has 1 atom stereocenters. The van der Waals surface area contributed by atoms with Gasteiger partial charge in [0, 0.05) is 12.1 Å². The summed E-state index contributed by atoms with van der Waals surface area (Å²) in [5.74, 6) is -1.26. The standard InChI is InChI=1S/C13H16FNO3/c1-3-7-15-12(13(17)18-4-2)10-8-9(14)5-6-11(10)16/h3,5-6,8,12,15-16H,1,4,7H2,2H3. The average molecular weight is 253 g/mol. The number of hydrogen-bond donors (Lipinski definition) is 2. The van der Waals surface area contributed by atoms with E-state index in [2.05, 4.69) is 11.9 Å². The van der Waals surface area contributed by atoms with Crippen LogP contribution in [-0.2, 0) is 9.53 Å². The average Bonchev–Trinajstić information content (AvgIpc) is 2.34. The Kier molecular flexibility index (Phi) is 5.32. The molecule has 0 fully saturated rings. The number of carbonyl (C=O) groups is 1. The molecule has 4 nitrogen and oxygen atoms in total. The van der Waals surface area contributed by atoms with Crippen molar-refractivity contribution in [1.82, 2.24) is 5.32 Å². The second kappa shape index (κ2) is 6.76. The van der Waals surface area contributed by atoms with E-state index in [0.29, 0.717) is 6.54 Å². The monoisotopic (exact) mass is 253 g/mol. The maximum atomic E-state index is 13.2. The van der Waals surface area contributed by atoms with E-state index < -0.39 is 17.8 Å². The molecule has 0 aliphatic rings. The Morgan fingerprint density at radius 1 is 1.67 bits per heavy atom. The Bertz CT molecular complexity index is 434. The highest BCUT2D eigenvalue weighted by molar-refractivity contribution is 5.78. The number of halogens is 1. The second-order valence-electron chi connectivity index (χ2n) is 3.59. The molecule has 98 valence electrons. The van der Waals surface area contributed by atoms with Crippen LogP contribution in [0.15, 0.2) is 30.9 Å². The first-order valence-electron chi connectivity index (χ1n) is 5.59. The van der Waals surface area contributed by atoms with Gasteiger partial charge in [-0.2, -0.15) is 0 Å². The van der Waals surface area contributed by atoms with Crippen LogP contribution in [0, 0.1) is 5.82 Å². The Labute approximate surface area is 105 Å². The Hall–Kier alpha value is -1.88. The van der Waals surface area contributed by atoms with E-state index in [4.69, 9.17) is 4.74 Å². The van der Waals surface area contributed by atoms with Crippen molar-refractivity contribution in [1.29, 1.82) is 0 Å². The lowest BCUT2D eigenvalue weighted by Gasteiger charge is -2.17. The van der Waals surface area contributed by atoms with Gasteiger partial charge >= 0.3 is 5.97 Å². The van der Waals surface area contributed by atoms with Crippen molar-refractivity contribution in [3.05, 3.63) is 42.2 Å². The zero-order valence-electron chi connectivity index (χ0n) is 10.1. The predicted octanol–water partition coefficient (Wildman–Crippen LogP) is 1.91. The summed E-state index contributed by atoms with van der Waals surface area (Å²) in [4.78, 5) is 11.8. The van der Waals surface area contributed by atoms with E-state index >= 15 is 0 Å². The Balaban J connectivity index is 3.03. The molecule has 0 amide bonds. The van der Waals surface area contributed by atoms with Gasteiger partial charge in [0.25, 0.3) is 0 Å². The lowest BCUT2D eigenvalue weighted by molar-refractivity contribution is -0.145. The number of aromatic hydroxyl groups is 1. The molecule has 1 aromatic carbocycles. The van der Waals surface area contributed by atoms with Crippen LogP contribution in [-0.4, -0.2) is 24.2 Å². The number of benzene rings is 1. The quantitative estimate of drug-likeness (QED) is 0.600. The number of carbonyl (C=O) groups excluding carboxylic acids is 1. The highest BCUT2D eigenvalue weighted by atomic mass is 19.1. The molecule has 0 heterocycles. The third-order valence-electron chi connectivity index (χ3n) is 2.29. The van der Waals surface area contributed by atoms with Gasteiger partial charge in [0.2, 0.25) is 0 Å². The molecule has 18 heavy (non-hydrogen) atoms. The van der Waals surface area contributed by atoms with E-state index in [1.807, 2.05) is 0 Å². The molecule has 2 N–H and O–H groups in total. The van der Waals surface area contributed by atoms with E-state index in [1.54, 1.807) is 13.0 Å². The number of nitrogens with one attached hydrogen (secondary N) is 1. The first-order valence-corrected chi connectivity index (χ1v) is 5.59. The summed E-state index contributed by atoms with van der Waals surface area (Å²) in [5, 5.41) is 12.5. The highest BCUT2D eigenvalue weighted by Gasteiger charge is 2.24. The van der Waals surface area contributed by atoms with Crippen molar-refractivity contribution >= 4 is 5.97 Å². The topological polar surface area (TPSA) is 58.6 Å². The Morgan fingerprint density at radius 2 is 2.39 bits per heavy atom. The molecule has 5 heteroatoms. The summed E-state index contributed by atoms with van der Waals surface area (Å²) in [6.45, 7) is 5.74. The van der Waals surface area contributed by atoms with Gasteiger partial charge in [-0.3, -0.25) is 5.32 Å². The fourth-order valence-corrected chi connectivity index (χ4v) is 1.50. The molecule has 1 aromatic rings. The molecule has 0 aliphatic heterocycles. The molecule has 1 unspecified atom stereocenters. The maximum absolute atomic E-state index is 13.2. The van der Waals surface area contributed by atoms with Crippen LogP contribution >= 0.6 is 0 Å². The van der Waals surface area contributed by atoms with Crippen LogP contribution in [0.5, 0.6) is 5.75 Å². The molecule has 1 rings (SSSR count). The van der Waals surface area contributed by atoms with Crippen LogP contribution in [0.2, 0.25) is 0 Å². The van der Waals surface area contributed by atoms with Crippen molar-refractivity contribution in [3.63, 3.8) is 0 Å². The predicted molar refractivity (Wildman–Crippen MR) is 65.6 cm³/mol. The molecular weight excluding hydrogens is 237 g/mol. The van der Waals surface area contributed by atoms with Gasteiger partial charge in [0.1, 0.15) is 17.6 Å². The largest absolute Gasteiger partial charge is 0.508 e. The van der Waals surface area contributed by atoms with Crippen molar-refractivity contribution in [2.75, 3.05) is 13.2 Å². The third-order valence-corrected chi connectivity index (χ3v) is 2.29. The normalized spacial score (nSPS) is 11.9. The number of phenolic OH excluding ortho intramolecular Hbond substituents is 1. The number of hydrogen-bond acceptors (Lipinski definition) is 4. The van der Waals surface area contributed by atoms with Gasteiger partial charge in [-0.15, -0.1) is 6.58 Å². The first kappa shape index (κ1) is 14.2. The van der Waals surface area contributed by atoms with Crippen LogP contribution in [0.3, 0.4) is 0 Å². The Morgan fingerprint density at radius 3 is 3.00 bits per heavy atom. The fourth-order valence-electron chi connectivity index (χ4n) is 1.50. The third kappa shape index (κ3) is 3.56. The zero-order chi connectivity index (χ0) is 13.5. The number of ether oxygens (including phenoxy) is 1. The van der Waals surface area contributed by atoms with Gasteiger partial charge in [-0.05, 0) is 25.1 Å². The van der Waals surface area contributed by atoms with Gasteiger partial charge < -0.3 is 9.84 Å². The zero-order valence-corrected chi connectivity index (χ0v) is 10.1. The summed E-state index contributed by atoms with van der Waals surface area (Å²) >= 11 is 0. The molecule has 0 saturated heterocycles. The van der Waals surface area contributed by atoms with Gasteiger partial charge in [0.05, 0.1) is 6.61 Å². The first-order chi connectivity index (χ1) is 8.60. The van der Waals surface area contributed by atoms with Crippen molar-refractivity contribution in [2.45, 2.75) is 13.0 Å². The number of esters is 1. The second-order valence-corrected chi connectivity index (χ2v) is 3.59. The van der Waals surface area contributed by atoms with Crippen LogP contribution in [0.25, 0.3) is 0 Å². The van der Waals surface area contributed by atoms with Gasteiger partial charge in [-0.1, -0.05) is 6.08 Å². The van der Waals surface area contributed by atoms with Crippen molar-refractivity contribution in [3.8, 4) is 5.75 Å². The van der Waals surface area contributed by atoms with Gasteiger partial charge in [-0.25, -0.2) is 9.18 Å². The molecular formula is C13H16FNO3. The minimum Gasteiger partial charge on any atom is -0.508 e. The number of rotatable bonds is 6. The lowest BCUT2D eigenvalue weighted by atomic mass is 10.1. The minimum absolute atomic E-state index is 0.148. The molecule has 0 aliphatic carbocycles. The summed E-state index contributed by atoms with van der Waals surface area (Å²) < 4.78 is 18.0. The summed E-state index contributed by atoms with van der Waals surface area (Å²) in [5.41, 5.74) is 0.148.